The second-order valence-corrected chi connectivity index (χ2v) is 6.88. The number of nitrogens with two attached hydrogens (primary N) is 1. The number of rotatable bonds is 4. The molecule has 0 saturated heterocycles. The molecule has 2 aliphatic rings. The van der Waals surface area contributed by atoms with E-state index in [0.717, 1.165) is 25.7 Å². The van der Waals surface area contributed by atoms with Crippen molar-refractivity contribution in [3.8, 4) is 5.75 Å². The van der Waals surface area contributed by atoms with Gasteiger partial charge in [-0.1, -0.05) is 12.1 Å². The number of para-hydroxylation sites is 1. The van der Waals surface area contributed by atoms with Crippen molar-refractivity contribution in [1.29, 1.82) is 0 Å². The molecule has 0 radical (unpaired) electrons. The molecule has 25 heavy (non-hydrogen) atoms. The Morgan fingerprint density at radius 2 is 2.00 bits per heavy atom. The third kappa shape index (κ3) is 3.80. The van der Waals surface area contributed by atoms with Crippen molar-refractivity contribution in [1.82, 2.24) is 5.32 Å². The summed E-state index contributed by atoms with van der Waals surface area (Å²) in [5.74, 6) is -1.17. The van der Waals surface area contributed by atoms with Crippen molar-refractivity contribution >= 4 is 19.0 Å². The molecule has 1 heterocycles. The lowest BCUT2D eigenvalue weighted by atomic mass is 9.71. The third-order valence-electron chi connectivity index (χ3n) is 5.23. The van der Waals surface area contributed by atoms with Crippen LogP contribution in [0.2, 0.25) is 0 Å². The summed E-state index contributed by atoms with van der Waals surface area (Å²) in [6.07, 6.45) is 3.84. The first-order valence-electron chi connectivity index (χ1n) is 8.70. The van der Waals surface area contributed by atoms with Crippen molar-refractivity contribution in [3.05, 3.63) is 29.3 Å². The Morgan fingerprint density at radius 1 is 1.28 bits per heavy atom. The van der Waals surface area contributed by atoms with Crippen LogP contribution in [0.3, 0.4) is 0 Å². The summed E-state index contributed by atoms with van der Waals surface area (Å²) in [5.41, 5.74) is 6.36. The van der Waals surface area contributed by atoms with Crippen LogP contribution >= 0.6 is 0 Å². The summed E-state index contributed by atoms with van der Waals surface area (Å²) in [6, 6.07) is 4.82. The number of nitrogens with one attached hydrogen (secondary N) is 1. The van der Waals surface area contributed by atoms with Crippen LogP contribution in [-0.2, 0) is 11.2 Å². The van der Waals surface area contributed by atoms with Crippen LogP contribution in [0.1, 0.15) is 41.6 Å². The van der Waals surface area contributed by atoms with E-state index in [1.165, 1.54) is 6.07 Å². The van der Waals surface area contributed by atoms with Gasteiger partial charge in [-0.3, -0.25) is 4.79 Å². The summed E-state index contributed by atoms with van der Waals surface area (Å²) in [7, 11) is -1.27. The molecule has 1 aromatic rings. The van der Waals surface area contributed by atoms with E-state index >= 15 is 0 Å². The van der Waals surface area contributed by atoms with Gasteiger partial charge >= 0.3 is 13.1 Å². The molecular weight excluding hydrogens is 323 g/mol. The van der Waals surface area contributed by atoms with Crippen molar-refractivity contribution in [3.63, 3.8) is 0 Å². The van der Waals surface area contributed by atoms with E-state index in [2.05, 4.69) is 5.32 Å². The molecule has 1 aliphatic carbocycles. The van der Waals surface area contributed by atoms with Gasteiger partial charge in [0.2, 0.25) is 5.91 Å². The van der Waals surface area contributed by atoms with E-state index in [4.69, 9.17) is 10.4 Å². The monoisotopic (exact) mass is 346 g/mol. The number of carbonyl (C=O) groups excluding carboxylic acids is 1. The number of amides is 1. The van der Waals surface area contributed by atoms with E-state index < -0.39 is 19.0 Å². The molecule has 1 atom stereocenters. The Bertz CT molecular complexity index is 660. The van der Waals surface area contributed by atoms with Gasteiger partial charge in [0.15, 0.2) is 0 Å². The Balaban J connectivity index is 1.65. The number of aromatic carboxylic acids is 1. The zero-order valence-corrected chi connectivity index (χ0v) is 14.0. The van der Waals surface area contributed by atoms with Gasteiger partial charge in [0.1, 0.15) is 5.75 Å². The van der Waals surface area contributed by atoms with E-state index in [1.54, 1.807) is 12.1 Å². The molecule has 5 N–H and O–H groups in total. The summed E-state index contributed by atoms with van der Waals surface area (Å²) >= 11 is 0. The molecule has 1 fully saturated rings. The highest BCUT2D eigenvalue weighted by atomic mass is 16.5. The van der Waals surface area contributed by atoms with E-state index in [-0.39, 0.29) is 23.1 Å². The fourth-order valence-electron chi connectivity index (χ4n) is 3.68. The first-order chi connectivity index (χ1) is 12.0. The molecule has 1 aliphatic heterocycles. The number of fused-ring (bicyclic) bond motifs is 1. The summed E-state index contributed by atoms with van der Waals surface area (Å²) in [4.78, 5) is 23.7. The van der Waals surface area contributed by atoms with Gasteiger partial charge in [0.05, 0.1) is 11.5 Å². The topological polar surface area (TPSA) is 122 Å². The average molecular weight is 346 g/mol. The Hall–Kier alpha value is -2.06. The zero-order valence-electron chi connectivity index (χ0n) is 14.0. The first-order valence-corrected chi connectivity index (χ1v) is 8.70. The van der Waals surface area contributed by atoms with E-state index in [9.17, 15) is 19.7 Å². The van der Waals surface area contributed by atoms with Crippen LogP contribution in [0.5, 0.6) is 5.75 Å². The van der Waals surface area contributed by atoms with Gasteiger partial charge < -0.3 is 25.8 Å². The number of hydrogen-bond acceptors (Lipinski definition) is 5. The highest BCUT2D eigenvalue weighted by Gasteiger charge is 2.39. The number of carboxylic acids is 1. The smallest absolute Gasteiger partial charge is 0.534 e. The minimum Gasteiger partial charge on any atom is -0.534 e. The second kappa shape index (κ2) is 7.45. The maximum atomic E-state index is 12.5. The minimum atomic E-state index is -1.27. The lowest BCUT2D eigenvalue weighted by Gasteiger charge is -2.31. The Morgan fingerprint density at radius 3 is 2.64 bits per heavy atom. The average Bonchev–Trinajstić information content (AvgIpc) is 2.61. The molecule has 7 nitrogen and oxygen atoms in total. The molecule has 0 unspecified atom stereocenters. The van der Waals surface area contributed by atoms with Gasteiger partial charge in [-0.15, -0.1) is 0 Å². The van der Waals surface area contributed by atoms with Crippen LogP contribution in [-0.4, -0.2) is 41.6 Å². The molecule has 134 valence electrons. The zero-order chi connectivity index (χ0) is 18.0. The summed E-state index contributed by atoms with van der Waals surface area (Å²) in [6.45, 7) is 0.659. The van der Waals surface area contributed by atoms with Crippen molar-refractivity contribution in [2.45, 2.75) is 38.0 Å². The molecule has 0 spiro atoms. The molecule has 0 aromatic heterocycles. The standard InChI is InChI=1S/C17H23BN2O5/c19-9-10-4-6-11(7-5-10)16(21)20-14-8-12-2-1-3-13(17(22)23)15(12)25-18(14)24/h1-3,10-11,14,24H,4-9,19H2,(H,20,21)(H,22,23)/t10-,11-,14-/m0/s1. The largest absolute Gasteiger partial charge is 0.547 e. The first kappa shape index (κ1) is 17.8. The number of carboxylic acid groups (broad SMARTS) is 1. The van der Waals surface area contributed by atoms with Crippen molar-refractivity contribution in [2.75, 3.05) is 6.54 Å². The van der Waals surface area contributed by atoms with Crippen LogP contribution < -0.4 is 15.7 Å². The lowest BCUT2D eigenvalue weighted by Crippen LogP contribution is -2.54. The van der Waals surface area contributed by atoms with E-state index in [0.29, 0.717) is 24.4 Å². The molecular formula is C17H23BN2O5. The third-order valence-corrected chi connectivity index (χ3v) is 5.23. The quantitative estimate of drug-likeness (QED) is 0.592. The molecule has 1 aromatic carbocycles. The highest BCUT2D eigenvalue weighted by Crippen LogP contribution is 2.31. The fourth-order valence-corrected chi connectivity index (χ4v) is 3.68. The van der Waals surface area contributed by atoms with Gasteiger partial charge in [-0.25, -0.2) is 4.79 Å². The summed E-state index contributed by atoms with van der Waals surface area (Å²) in [5, 5.41) is 22.3. The molecule has 8 heteroatoms. The normalized spacial score (nSPS) is 25.7. The molecule has 1 saturated carbocycles. The Labute approximate surface area is 146 Å². The van der Waals surface area contributed by atoms with Crippen molar-refractivity contribution < 1.29 is 24.4 Å². The van der Waals surface area contributed by atoms with E-state index in [1.807, 2.05) is 0 Å². The van der Waals surface area contributed by atoms with Crippen LogP contribution in [0.15, 0.2) is 18.2 Å². The fraction of sp³-hybridized carbons (Fsp3) is 0.529. The second-order valence-electron chi connectivity index (χ2n) is 6.88. The highest BCUT2D eigenvalue weighted by molar-refractivity contribution is 6.47. The van der Waals surface area contributed by atoms with Gasteiger partial charge in [0, 0.05) is 5.92 Å². The summed E-state index contributed by atoms with van der Waals surface area (Å²) < 4.78 is 5.40. The molecule has 3 rings (SSSR count). The van der Waals surface area contributed by atoms with Crippen LogP contribution in [0.4, 0.5) is 0 Å². The SMILES string of the molecule is NC[C@H]1CC[C@H](C(=O)N[C@H]2Cc3cccc(C(=O)O)c3OB2O)CC1. The Kier molecular flexibility index (Phi) is 5.29. The number of benzene rings is 1. The predicted molar refractivity (Wildman–Crippen MR) is 92.1 cm³/mol. The van der Waals surface area contributed by atoms with Gasteiger partial charge in [-0.2, -0.15) is 0 Å². The van der Waals surface area contributed by atoms with Crippen LogP contribution in [0, 0.1) is 11.8 Å². The maximum Gasteiger partial charge on any atom is 0.547 e. The number of carbonyl (C=O) groups is 2. The number of hydrogen-bond donors (Lipinski definition) is 4. The minimum absolute atomic E-state index is 0.0152. The lowest BCUT2D eigenvalue weighted by molar-refractivity contribution is -0.126. The van der Waals surface area contributed by atoms with Gasteiger partial charge in [0.25, 0.3) is 0 Å². The molecule has 1 amide bonds. The maximum absolute atomic E-state index is 12.5. The predicted octanol–water partition coefficient (Wildman–Crippen LogP) is 0.589. The van der Waals surface area contributed by atoms with Gasteiger partial charge in [-0.05, 0) is 56.2 Å². The van der Waals surface area contributed by atoms with Crippen molar-refractivity contribution in [2.24, 2.45) is 17.6 Å². The molecule has 0 bridgehead atoms. The van der Waals surface area contributed by atoms with Crippen LogP contribution in [0.25, 0.3) is 0 Å².